The summed E-state index contributed by atoms with van der Waals surface area (Å²) in [5.41, 5.74) is 9.12. The number of carbonyl (C=O) groups excluding carboxylic acids is 1. The molecule has 3 aromatic rings. The molecule has 1 fully saturated rings. The monoisotopic (exact) mass is 493 g/mol. The fourth-order valence-corrected chi connectivity index (χ4v) is 5.04. The Morgan fingerprint density at radius 3 is 2.89 bits per heavy atom. The highest BCUT2D eigenvalue weighted by Crippen LogP contribution is 2.30. The number of anilines is 1. The van der Waals surface area contributed by atoms with E-state index in [9.17, 15) is 13.4 Å². The Kier molecular flexibility index (Phi) is 6.45. The number of hydrogen-bond acceptors (Lipinski definition) is 5. The highest BCUT2D eigenvalue weighted by Gasteiger charge is 2.26. The van der Waals surface area contributed by atoms with Crippen LogP contribution in [0.2, 0.25) is 0 Å². The van der Waals surface area contributed by atoms with Crippen molar-refractivity contribution in [3.8, 4) is 17.0 Å². The Balaban J connectivity index is 1.26. The number of nitrogens with zero attached hydrogens (tertiary/aromatic N) is 3. The van der Waals surface area contributed by atoms with E-state index in [-0.39, 0.29) is 23.5 Å². The van der Waals surface area contributed by atoms with Crippen molar-refractivity contribution in [2.45, 2.75) is 12.8 Å². The van der Waals surface area contributed by atoms with Crippen molar-refractivity contribution in [1.29, 1.82) is 0 Å². The van der Waals surface area contributed by atoms with Crippen LogP contribution in [0.5, 0.6) is 5.75 Å². The molecule has 2 aliphatic heterocycles. The maximum atomic E-state index is 13.3. The van der Waals surface area contributed by atoms with E-state index in [1.165, 1.54) is 12.1 Å². The predicted molar refractivity (Wildman–Crippen MR) is 133 cm³/mol. The van der Waals surface area contributed by atoms with Gasteiger partial charge in [-0.1, -0.05) is 6.07 Å². The highest BCUT2D eigenvalue weighted by atomic mass is 32.2. The summed E-state index contributed by atoms with van der Waals surface area (Å²) in [6.45, 7) is 1.64. The molecule has 0 aliphatic carbocycles. The van der Waals surface area contributed by atoms with Crippen molar-refractivity contribution >= 4 is 28.6 Å². The lowest BCUT2D eigenvalue weighted by molar-refractivity contribution is 0.0633. The first-order valence-corrected chi connectivity index (χ1v) is 12.4. The first-order valence-electron chi connectivity index (χ1n) is 11.3. The lowest BCUT2D eigenvalue weighted by atomic mass is 9.98. The molecule has 5 rings (SSSR count). The van der Waals surface area contributed by atoms with Gasteiger partial charge in [0.2, 0.25) is 11.2 Å². The number of rotatable bonds is 5. The zero-order valence-corrected chi connectivity index (χ0v) is 19.6. The van der Waals surface area contributed by atoms with Gasteiger partial charge in [0.1, 0.15) is 17.4 Å². The van der Waals surface area contributed by atoms with E-state index < -0.39 is 11.2 Å². The van der Waals surface area contributed by atoms with Gasteiger partial charge in [-0.2, -0.15) is 4.40 Å². The summed E-state index contributed by atoms with van der Waals surface area (Å²) in [5, 5.41) is 0. The smallest absolute Gasteiger partial charge is 0.253 e. The molecule has 2 aromatic carbocycles. The van der Waals surface area contributed by atoms with E-state index >= 15 is 0 Å². The third-order valence-corrected chi connectivity index (χ3v) is 6.85. The number of pyridine rings is 1. The molecule has 3 N–H and O–H groups in total. The summed E-state index contributed by atoms with van der Waals surface area (Å²) in [5.74, 6) is 0.489. The molecule has 0 saturated carbocycles. The lowest BCUT2D eigenvalue weighted by Gasteiger charge is -2.33. The topological polar surface area (TPSA) is 110 Å². The molecule has 0 bridgehead atoms. The standard InChI is InChI=1S/C25H24FN5O3S/c26-19-8-6-17(7-9-19)21-13-18(10-11-28-21)25(32)31-12-2-3-16(14-31)15-34-22-5-1-4-20-23(22)24(27)30-35(33)29-20/h1,4-11,13,16,29H,2-3,12,14-15H2,(H2,27,30). The number of nitrogens with one attached hydrogen (secondary N) is 1. The molecule has 180 valence electrons. The minimum atomic E-state index is -1.60. The van der Waals surface area contributed by atoms with E-state index in [1.54, 1.807) is 48.7 Å². The number of nitrogens with two attached hydrogens (primary N) is 1. The van der Waals surface area contributed by atoms with Crippen LogP contribution in [0.1, 0.15) is 28.8 Å². The number of amides is 1. The Labute approximate surface area is 204 Å². The van der Waals surface area contributed by atoms with E-state index in [1.807, 2.05) is 4.90 Å². The normalized spacial score (nSPS) is 19.3. The minimum Gasteiger partial charge on any atom is -0.492 e. The van der Waals surface area contributed by atoms with E-state index in [4.69, 9.17) is 10.5 Å². The second kappa shape index (κ2) is 9.83. The summed E-state index contributed by atoms with van der Waals surface area (Å²) in [4.78, 5) is 19.4. The quantitative estimate of drug-likeness (QED) is 0.565. The third kappa shape index (κ3) is 5.02. The lowest BCUT2D eigenvalue weighted by Crippen LogP contribution is -2.41. The van der Waals surface area contributed by atoms with Crippen LogP contribution in [0, 0.1) is 11.7 Å². The molecule has 0 radical (unpaired) electrons. The van der Waals surface area contributed by atoms with Crippen LogP contribution in [-0.2, 0) is 11.2 Å². The fraction of sp³-hybridized carbons (Fsp3) is 0.240. The molecule has 2 unspecified atom stereocenters. The van der Waals surface area contributed by atoms with Crippen molar-refractivity contribution in [2.24, 2.45) is 16.0 Å². The van der Waals surface area contributed by atoms with Crippen LogP contribution in [0.3, 0.4) is 0 Å². The average molecular weight is 494 g/mol. The molecule has 8 nitrogen and oxygen atoms in total. The Bertz CT molecular complexity index is 1310. The molecule has 35 heavy (non-hydrogen) atoms. The van der Waals surface area contributed by atoms with E-state index in [2.05, 4.69) is 14.1 Å². The van der Waals surface area contributed by atoms with Crippen molar-refractivity contribution in [2.75, 3.05) is 24.4 Å². The van der Waals surface area contributed by atoms with Gasteiger partial charge in [0, 0.05) is 36.3 Å². The van der Waals surface area contributed by atoms with Gasteiger partial charge in [-0.05, 0) is 61.4 Å². The molecule has 2 aliphatic rings. The Morgan fingerprint density at radius 2 is 2.06 bits per heavy atom. The van der Waals surface area contributed by atoms with Crippen molar-refractivity contribution in [3.63, 3.8) is 0 Å². The van der Waals surface area contributed by atoms with Crippen molar-refractivity contribution < 1.29 is 18.1 Å². The number of fused-ring (bicyclic) bond motifs is 1. The molecule has 2 atom stereocenters. The second-order valence-electron chi connectivity index (χ2n) is 8.51. The molecule has 10 heteroatoms. The summed E-state index contributed by atoms with van der Waals surface area (Å²) >= 11 is -1.60. The van der Waals surface area contributed by atoms with Gasteiger partial charge >= 0.3 is 0 Å². The number of halogens is 1. The molecule has 1 saturated heterocycles. The van der Waals surface area contributed by atoms with Crippen LogP contribution in [0.4, 0.5) is 10.1 Å². The maximum Gasteiger partial charge on any atom is 0.253 e. The molecule has 1 aromatic heterocycles. The second-order valence-corrected chi connectivity index (χ2v) is 9.40. The predicted octanol–water partition coefficient (Wildman–Crippen LogP) is 3.53. The minimum absolute atomic E-state index is 0.0689. The first-order chi connectivity index (χ1) is 17.0. The summed E-state index contributed by atoms with van der Waals surface area (Å²) in [7, 11) is 0. The summed E-state index contributed by atoms with van der Waals surface area (Å²) in [6, 6.07) is 14.9. The Hall–Kier alpha value is -3.79. The van der Waals surface area contributed by atoms with Crippen LogP contribution in [0.15, 0.2) is 65.2 Å². The molecule has 1 amide bonds. The third-order valence-electron chi connectivity index (χ3n) is 6.09. The number of aromatic nitrogens is 1. The van der Waals surface area contributed by atoms with Gasteiger partial charge in [0.05, 0.1) is 23.6 Å². The van der Waals surface area contributed by atoms with Gasteiger partial charge in [-0.3, -0.25) is 14.5 Å². The van der Waals surface area contributed by atoms with Crippen molar-refractivity contribution in [3.05, 3.63) is 77.7 Å². The van der Waals surface area contributed by atoms with Crippen molar-refractivity contribution in [1.82, 2.24) is 9.88 Å². The zero-order chi connectivity index (χ0) is 24.4. The number of likely N-dealkylation sites (tertiary alicyclic amines) is 1. The SMILES string of the molecule is NC1=NS(=O)Nc2cccc(OCC3CCCN(C(=O)c4ccnc(-c5ccc(F)cc5)c4)C3)c21. The number of piperidine rings is 1. The molecule has 3 heterocycles. The van der Waals surface area contributed by atoms with Crippen LogP contribution >= 0.6 is 0 Å². The molecular weight excluding hydrogens is 469 g/mol. The van der Waals surface area contributed by atoms with E-state index in [0.717, 1.165) is 18.4 Å². The number of benzene rings is 2. The number of hydrogen-bond donors (Lipinski definition) is 2. The summed E-state index contributed by atoms with van der Waals surface area (Å²) in [6.07, 6.45) is 3.40. The van der Waals surface area contributed by atoms with E-state index in [0.29, 0.717) is 48.0 Å². The largest absolute Gasteiger partial charge is 0.492 e. The fourth-order valence-electron chi connectivity index (χ4n) is 4.37. The maximum absolute atomic E-state index is 13.3. The summed E-state index contributed by atoms with van der Waals surface area (Å²) < 4.78 is 37.7. The van der Waals surface area contributed by atoms with Gasteiger partial charge in [0.15, 0.2) is 0 Å². The zero-order valence-electron chi connectivity index (χ0n) is 18.8. The molecular formula is C25H24FN5O3S. The van der Waals surface area contributed by atoms with Gasteiger partial charge in [0.25, 0.3) is 5.91 Å². The number of ether oxygens (including phenoxy) is 1. The number of amidine groups is 1. The molecule has 0 spiro atoms. The Morgan fingerprint density at radius 1 is 1.23 bits per heavy atom. The number of carbonyl (C=O) groups is 1. The highest BCUT2D eigenvalue weighted by molar-refractivity contribution is 7.85. The van der Waals surface area contributed by atoms with Gasteiger partial charge in [-0.15, -0.1) is 0 Å². The van der Waals surface area contributed by atoms with Gasteiger partial charge in [-0.25, -0.2) is 8.60 Å². The average Bonchev–Trinajstić information content (AvgIpc) is 2.87. The van der Waals surface area contributed by atoms with Crippen LogP contribution in [0.25, 0.3) is 11.3 Å². The van der Waals surface area contributed by atoms with Crippen LogP contribution < -0.4 is 15.2 Å². The first kappa shape index (κ1) is 23.0. The van der Waals surface area contributed by atoms with Crippen LogP contribution in [-0.4, -0.2) is 45.5 Å². The van der Waals surface area contributed by atoms with Gasteiger partial charge < -0.3 is 15.4 Å².